The van der Waals surface area contributed by atoms with Gasteiger partial charge in [-0.3, -0.25) is 14.7 Å². The van der Waals surface area contributed by atoms with Crippen LogP contribution in [0.5, 0.6) is 0 Å². The fourth-order valence-corrected chi connectivity index (χ4v) is 3.57. The largest absolute Gasteiger partial charge is 0.480 e. The quantitative estimate of drug-likeness (QED) is 0.906. The Morgan fingerprint density at radius 3 is 2.82 bits per heavy atom. The second-order valence-electron chi connectivity index (χ2n) is 5.48. The molecule has 1 saturated heterocycles. The lowest BCUT2D eigenvalue weighted by molar-refractivity contribution is -0.142. The first kappa shape index (κ1) is 15.2. The minimum absolute atomic E-state index is 0.0881. The maximum Gasteiger partial charge on any atom is 0.320 e. The zero-order valence-electron chi connectivity index (χ0n) is 12.0. The van der Waals surface area contributed by atoms with Crippen LogP contribution in [0.15, 0.2) is 53.3 Å². The van der Waals surface area contributed by atoms with Crippen molar-refractivity contribution in [3.8, 4) is 0 Å². The van der Waals surface area contributed by atoms with E-state index in [9.17, 15) is 9.90 Å². The van der Waals surface area contributed by atoms with Crippen molar-refractivity contribution in [3.63, 3.8) is 0 Å². The summed E-state index contributed by atoms with van der Waals surface area (Å²) in [4.78, 5) is 17.9. The highest BCUT2D eigenvalue weighted by Gasteiger charge is 2.36. The molecule has 3 rings (SSSR count). The van der Waals surface area contributed by atoms with Gasteiger partial charge in [0.2, 0.25) is 0 Å². The number of halogens is 1. The van der Waals surface area contributed by atoms with Gasteiger partial charge in [0.1, 0.15) is 6.04 Å². The number of aliphatic carboxylic acids is 1. The normalized spacial score (nSPS) is 20.0. The van der Waals surface area contributed by atoms with E-state index in [1.807, 2.05) is 36.5 Å². The van der Waals surface area contributed by atoms with Crippen LogP contribution in [0.1, 0.15) is 30.0 Å². The molecule has 1 N–H and O–H groups in total. The molecule has 22 heavy (non-hydrogen) atoms. The number of benzene rings is 1. The number of carboxylic acid groups (broad SMARTS) is 1. The summed E-state index contributed by atoms with van der Waals surface area (Å²) < 4.78 is 0.991. The van der Waals surface area contributed by atoms with Crippen molar-refractivity contribution in [2.24, 2.45) is 0 Å². The summed E-state index contributed by atoms with van der Waals surface area (Å²) >= 11 is 3.51. The van der Waals surface area contributed by atoms with E-state index in [-0.39, 0.29) is 6.04 Å². The molecule has 0 aliphatic carbocycles. The highest BCUT2D eigenvalue weighted by Crippen LogP contribution is 2.35. The molecule has 2 heterocycles. The molecule has 0 bridgehead atoms. The molecule has 1 aromatic heterocycles. The van der Waals surface area contributed by atoms with Crippen LogP contribution in [0, 0.1) is 0 Å². The van der Waals surface area contributed by atoms with E-state index in [1.165, 1.54) is 0 Å². The van der Waals surface area contributed by atoms with Gasteiger partial charge in [0.15, 0.2) is 0 Å². The highest BCUT2D eigenvalue weighted by molar-refractivity contribution is 9.10. The molecule has 1 fully saturated rings. The summed E-state index contributed by atoms with van der Waals surface area (Å²) in [5.74, 6) is -0.749. The first-order valence-corrected chi connectivity index (χ1v) is 8.10. The molecular weight excluding hydrogens is 344 g/mol. The molecule has 5 heteroatoms. The lowest BCUT2D eigenvalue weighted by atomic mass is 9.97. The Balaban J connectivity index is 2.05. The summed E-state index contributed by atoms with van der Waals surface area (Å²) in [6.07, 6.45) is 5.16. The lowest BCUT2D eigenvalue weighted by Gasteiger charge is -2.31. The number of likely N-dealkylation sites (tertiary alicyclic amines) is 1. The third kappa shape index (κ3) is 3.05. The molecule has 1 aromatic carbocycles. The first-order valence-electron chi connectivity index (χ1n) is 7.31. The number of pyridine rings is 1. The average Bonchev–Trinajstić information content (AvgIpc) is 2.98. The SMILES string of the molecule is O=C(O)C1CCCN1C(c1cccnc1)c1cccc(Br)c1. The van der Waals surface area contributed by atoms with Crippen LogP contribution in [-0.2, 0) is 4.79 Å². The van der Waals surface area contributed by atoms with Crippen LogP contribution >= 0.6 is 15.9 Å². The lowest BCUT2D eigenvalue weighted by Crippen LogP contribution is -2.39. The Hall–Kier alpha value is -1.72. The summed E-state index contributed by atoms with van der Waals surface area (Å²) in [7, 11) is 0. The first-order chi connectivity index (χ1) is 10.7. The number of carbonyl (C=O) groups is 1. The second kappa shape index (κ2) is 6.58. The molecule has 0 saturated carbocycles. The predicted molar refractivity (Wildman–Crippen MR) is 87.6 cm³/mol. The van der Waals surface area contributed by atoms with Crippen LogP contribution in [-0.4, -0.2) is 33.5 Å². The van der Waals surface area contributed by atoms with E-state index < -0.39 is 12.0 Å². The minimum atomic E-state index is -0.749. The van der Waals surface area contributed by atoms with Crippen LogP contribution in [0.2, 0.25) is 0 Å². The van der Waals surface area contributed by atoms with Crippen molar-refractivity contribution in [3.05, 3.63) is 64.4 Å². The third-order valence-electron chi connectivity index (χ3n) is 4.08. The smallest absolute Gasteiger partial charge is 0.320 e. The molecule has 0 radical (unpaired) electrons. The molecule has 2 aromatic rings. The van der Waals surface area contributed by atoms with Crippen LogP contribution in [0.25, 0.3) is 0 Å². The van der Waals surface area contributed by atoms with Gasteiger partial charge < -0.3 is 5.11 Å². The standard InChI is InChI=1S/C17H17BrN2O2/c18-14-6-1-4-12(10-14)16(13-5-2-8-19-11-13)20-9-3-7-15(20)17(21)22/h1-2,4-6,8,10-11,15-16H,3,7,9H2,(H,21,22). The number of nitrogens with zero attached hydrogens (tertiary/aromatic N) is 2. The Morgan fingerprint density at radius 1 is 1.32 bits per heavy atom. The zero-order valence-corrected chi connectivity index (χ0v) is 13.6. The number of hydrogen-bond donors (Lipinski definition) is 1. The Bertz CT molecular complexity index is 663. The van der Waals surface area contributed by atoms with Crippen molar-refractivity contribution in [1.82, 2.24) is 9.88 Å². The third-order valence-corrected chi connectivity index (χ3v) is 4.57. The van der Waals surface area contributed by atoms with Crippen molar-refractivity contribution in [2.75, 3.05) is 6.54 Å². The van der Waals surface area contributed by atoms with Gasteiger partial charge in [0.05, 0.1) is 6.04 Å². The van der Waals surface area contributed by atoms with Crippen molar-refractivity contribution >= 4 is 21.9 Å². The van der Waals surface area contributed by atoms with Crippen LogP contribution in [0.4, 0.5) is 0 Å². The number of aromatic nitrogens is 1. The minimum Gasteiger partial charge on any atom is -0.480 e. The van der Waals surface area contributed by atoms with Gasteiger partial charge in [-0.2, -0.15) is 0 Å². The predicted octanol–water partition coefficient (Wildman–Crippen LogP) is 3.48. The topological polar surface area (TPSA) is 53.4 Å². The molecule has 2 atom stereocenters. The summed E-state index contributed by atoms with van der Waals surface area (Å²) in [5.41, 5.74) is 2.10. The number of hydrogen-bond acceptors (Lipinski definition) is 3. The number of rotatable bonds is 4. The van der Waals surface area contributed by atoms with Crippen molar-refractivity contribution in [1.29, 1.82) is 0 Å². The van der Waals surface area contributed by atoms with Crippen molar-refractivity contribution < 1.29 is 9.90 Å². The maximum absolute atomic E-state index is 11.6. The fraction of sp³-hybridized carbons (Fsp3) is 0.294. The molecular formula is C17H17BrN2O2. The van der Waals surface area contributed by atoms with Gasteiger partial charge in [-0.15, -0.1) is 0 Å². The molecule has 2 unspecified atom stereocenters. The van der Waals surface area contributed by atoms with E-state index in [0.29, 0.717) is 6.42 Å². The van der Waals surface area contributed by atoms with E-state index in [1.54, 1.807) is 6.20 Å². The zero-order chi connectivity index (χ0) is 15.5. The van der Waals surface area contributed by atoms with E-state index >= 15 is 0 Å². The van der Waals surface area contributed by atoms with E-state index in [4.69, 9.17) is 0 Å². The van der Waals surface area contributed by atoms with Gasteiger partial charge in [-0.25, -0.2) is 0 Å². The summed E-state index contributed by atoms with van der Waals surface area (Å²) in [6, 6.07) is 11.4. The van der Waals surface area contributed by atoms with Crippen LogP contribution in [0.3, 0.4) is 0 Å². The van der Waals surface area contributed by atoms with Gasteiger partial charge in [-0.05, 0) is 42.2 Å². The van der Waals surface area contributed by atoms with Crippen LogP contribution < -0.4 is 0 Å². The molecule has 0 amide bonds. The van der Waals surface area contributed by atoms with Gasteiger partial charge in [-0.1, -0.05) is 34.1 Å². The molecule has 114 valence electrons. The number of carboxylic acids is 1. The summed E-state index contributed by atoms with van der Waals surface area (Å²) in [5, 5.41) is 9.51. The van der Waals surface area contributed by atoms with Gasteiger partial charge >= 0.3 is 5.97 Å². The molecule has 1 aliphatic rings. The fourth-order valence-electron chi connectivity index (χ4n) is 3.15. The molecule has 0 spiro atoms. The van der Waals surface area contributed by atoms with Gasteiger partial charge in [0, 0.05) is 23.4 Å². The molecule has 1 aliphatic heterocycles. The molecule has 4 nitrogen and oxygen atoms in total. The Morgan fingerprint density at radius 2 is 2.14 bits per heavy atom. The maximum atomic E-state index is 11.6. The van der Waals surface area contributed by atoms with E-state index in [0.717, 1.165) is 28.6 Å². The average molecular weight is 361 g/mol. The van der Waals surface area contributed by atoms with E-state index in [2.05, 4.69) is 31.9 Å². The Labute approximate surface area is 137 Å². The van der Waals surface area contributed by atoms with Crippen molar-refractivity contribution in [2.45, 2.75) is 24.9 Å². The van der Waals surface area contributed by atoms with Gasteiger partial charge in [0.25, 0.3) is 0 Å². The highest BCUT2D eigenvalue weighted by atomic mass is 79.9. The monoisotopic (exact) mass is 360 g/mol. The Kier molecular flexibility index (Phi) is 4.55. The second-order valence-corrected chi connectivity index (χ2v) is 6.39. The summed E-state index contributed by atoms with van der Waals surface area (Å²) in [6.45, 7) is 0.781.